The molecule has 1 unspecified atom stereocenters. The lowest BCUT2D eigenvalue weighted by Crippen LogP contribution is -2.04. The number of hydrogen-bond acceptors (Lipinski definition) is 0. The van der Waals surface area contributed by atoms with Crippen molar-refractivity contribution in [2.45, 2.75) is 39.5 Å². The molecule has 4 rings (SSSR count). The Hall–Kier alpha value is -2.08. The van der Waals surface area contributed by atoms with E-state index >= 15 is 0 Å². The fourth-order valence-corrected chi connectivity index (χ4v) is 4.06. The van der Waals surface area contributed by atoms with Crippen LogP contribution in [0.3, 0.4) is 0 Å². The quantitative estimate of drug-likeness (QED) is 0.680. The molecule has 0 saturated heterocycles. The fraction of sp³-hybridized carbons (Fsp3) is 0.273. The Morgan fingerprint density at radius 2 is 1.64 bits per heavy atom. The van der Waals surface area contributed by atoms with E-state index in [2.05, 4.69) is 69.3 Å². The molecule has 0 nitrogen and oxygen atoms in total. The predicted octanol–water partition coefficient (Wildman–Crippen LogP) is 5.53. The second-order valence-corrected chi connectivity index (χ2v) is 6.74. The zero-order valence-corrected chi connectivity index (χ0v) is 13.6. The SMILES string of the molecule is Cc1ccc(C)c2c1C=CC2Cc1ccc(C)c2c1C=CC2. The van der Waals surface area contributed by atoms with E-state index in [1.165, 1.54) is 44.5 Å². The molecule has 0 spiro atoms. The largest absolute Gasteiger partial charge is 0.0795 e. The van der Waals surface area contributed by atoms with Crippen LogP contribution in [0.2, 0.25) is 0 Å². The molecule has 0 heteroatoms. The summed E-state index contributed by atoms with van der Waals surface area (Å²) < 4.78 is 0. The first-order chi connectivity index (χ1) is 10.6. The zero-order valence-electron chi connectivity index (χ0n) is 13.6. The lowest BCUT2D eigenvalue weighted by Gasteiger charge is -2.18. The maximum absolute atomic E-state index is 2.40. The van der Waals surface area contributed by atoms with Gasteiger partial charge in [-0.1, -0.05) is 48.6 Å². The van der Waals surface area contributed by atoms with Crippen LogP contribution in [0.4, 0.5) is 0 Å². The molecule has 0 bridgehead atoms. The highest BCUT2D eigenvalue weighted by molar-refractivity contribution is 5.69. The summed E-state index contributed by atoms with van der Waals surface area (Å²) in [5, 5.41) is 0. The third kappa shape index (κ3) is 1.98. The molecule has 0 saturated carbocycles. The van der Waals surface area contributed by atoms with E-state index in [1.807, 2.05) is 0 Å². The first-order valence-electron chi connectivity index (χ1n) is 8.21. The summed E-state index contributed by atoms with van der Waals surface area (Å²) in [6, 6.07) is 9.14. The predicted molar refractivity (Wildman–Crippen MR) is 95.3 cm³/mol. The molecule has 0 fully saturated rings. The molecular weight excluding hydrogens is 264 g/mol. The van der Waals surface area contributed by atoms with Crippen LogP contribution in [0, 0.1) is 20.8 Å². The van der Waals surface area contributed by atoms with Crippen LogP contribution in [-0.4, -0.2) is 0 Å². The molecule has 1 atom stereocenters. The maximum Gasteiger partial charge on any atom is 0.00705 e. The fourth-order valence-electron chi connectivity index (χ4n) is 4.06. The van der Waals surface area contributed by atoms with Crippen molar-refractivity contribution in [3.05, 3.63) is 80.9 Å². The molecule has 0 aliphatic heterocycles. The summed E-state index contributed by atoms with van der Waals surface area (Å²) in [4.78, 5) is 0. The van der Waals surface area contributed by atoms with E-state index in [0.717, 1.165) is 12.8 Å². The van der Waals surface area contributed by atoms with Crippen molar-refractivity contribution >= 4 is 12.2 Å². The van der Waals surface area contributed by atoms with Crippen LogP contribution >= 0.6 is 0 Å². The molecule has 0 amide bonds. The average molecular weight is 286 g/mol. The molecule has 2 aliphatic carbocycles. The highest BCUT2D eigenvalue weighted by Gasteiger charge is 2.23. The maximum atomic E-state index is 2.40. The Morgan fingerprint density at radius 3 is 2.50 bits per heavy atom. The molecule has 2 aromatic carbocycles. The van der Waals surface area contributed by atoms with Crippen molar-refractivity contribution < 1.29 is 0 Å². The van der Waals surface area contributed by atoms with Gasteiger partial charge < -0.3 is 0 Å². The van der Waals surface area contributed by atoms with Crippen LogP contribution in [0.1, 0.15) is 50.4 Å². The second kappa shape index (κ2) is 4.98. The van der Waals surface area contributed by atoms with Gasteiger partial charge in [0.15, 0.2) is 0 Å². The van der Waals surface area contributed by atoms with Crippen LogP contribution in [0.15, 0.2) is 36.4 Å². The lowest BCUT2D eigenvalue weighted by molar-refractivity contribution is 0.838. The smallest absolute Gasteiger partial charge is 0.00705 e. The standard InChI is InChI=1S/C22H22/c1-14-9-10-17(21-6-4-5-19(14)21)13-18-11-12-20-15(2)7-8-16(3)22(18)20/h4,6-12,18H,5,13H2,1-3H3. The minimum Gasteiger partial charge on any atom is -0.0795 e. The Balaban J connectivity index is 1.74. The van der Waals surface area contributed by atoms with Gasteiger partial charge in [-0.2, -0.15) is 0 Å². The molecule has 22 heavy (non-hydrogen) atoms. The van der Waals surface area contributed by atoms with Gasteiger partial charge in [0, 0.05) is 5.92 Å². The molecule has 0 heterocycles. The van der Waals surface area contributed by atoms with Gasteiger partial charge in [0.05, 0.1) is 0 Å². The van der Waals surface area contributed by atoms with Gasteiger partial charge >= 0.3 is 0 Å². The normalized spacial score (nSPS) is 17.9. The van der Waals surface area contributed by atoms with E-state index < -0.39 is 0 Å². The van der Waals surface area contributed by atoms with Crippen LogP contribution in [0.5, 0.6) is 0 Å². The van der Waals surface area contributed by atoms with Gasteiger partial charge in [-0.05, 0) is 78.1 Å². The molecule has 2 aliphatic rings. The van der Waals surface area contributed by atoms with Crippen molar-refractivity contribution in [3.63, 3.8) is 0 Å². The molecule has 110 valence electrons. The van der Waals surface area contributed by atoms with Gasteiger partial charge in [-0.3, -0.25) is 0 Å². The number of aryl methyl sites for hydroxylation is 3. The summed E-state index contributed by atoms with van der Waals surface area (Å²) in [7, 11) is 0. The number of allylic oxidation sites excluding steroid dienone is 2. The van der Waals surface area contributed by atoms with E-state index in [9.17, 15) is 0 Å². The van der Waals surface area contributed by atoms with Gasteiger partial charge in [-0.15, -0.1) is 0 Å². The van der Waals surface area contributed by atoms with Gasteiger partial charge in [-0.25, -0.2) is 0 Å². The van der Waals surface area contributed by atoms with Gasteiger partial charge in [0.1, 0.15) is 0 Å². The zero-order chi connectivity index (χ0) is 15.3. The minimum absolute atomic E-state index is 0.524. The van der Waals surface area contributed by atoms with Crippen molar-refractivity contribution in [1.82, 2.24) is 0 Å². The third-order valence-electron chi connectivity index (χ3n) is 5.32. The monoisotopic (exact) mass is 286 g/mol. The highest BCUT2D eigenvalue weighted by Crippen LogP contribution is 2.38. The molecule has 2 aromatic rings. The third-order valence-corrected chi connectivity index (χ3v) is 5.32. The topological polar surface area (TPSA) is 0 Å². The van der Waals surface area contributed by atoms with Gasteiger partial charge in [0.2, 0.25) is 0 Å². The van der Waals surface area contributed by atoms with Gasteiger partial charge in [0.25, 0.3) is 0 Å². The number of fused-ring (bicyclic) bond motifs is 2. The summed E-state index contributed by atoms with van der Waals surface area (Å²) >= 11 is 0. The van der Waals surface area contributed by atoms with E-state index in [1.54, 1.807) is 0 Å². The summed E-state index contributed by atoms with van der Waals surface area (Å²) in [5.41, 5.74) is 11.7. The van der Waals surface area contributed by atoms with Crippen LogP contribution in [-0.2, 0) is 12.8 Å². The van der Waals surface area contributed by atoms with Crippen molar-refractivity contribution in [3.8, 4) is 0 Å². The molecule has 0 aromatic heterocycles. The van der Waals surface area contributed by atoms with Crippen molar-refractivity contribution in [2.24, 2.45) is 0 Å². The summed E-state index contributed by atoms with van der Waals surface area (Å²) in [6.07, 6.45) is 11.6. The summed E-state index contributed by atoms with van der Waals surface area (Å²) in [6.45, 7) is 6.70. The Morgan fingerprint density at radius 1 is 0.864 bits per heavy atom. The average Bonchev–Trinajstić information content (AvgIpc) is 3.14. The molecule has 0 radical (unpaired) electrons. The van der Waals surface area contributed by atoms with Crippen LogP contribution in [0.25, 0.3) is 12.2 Å². The first-order valence-corrected chi connectivity index (χ1v) is 8.21. The summed E-state index contributed by atoms with van der Waals surface area (Å²) in [5.74, 6) is 0.524. The van der Waals surface area contributed by atoms with E-state index in [4.69, 9.17) is 0 Å². The lowest BCUT2D eigenvalue weighted by atomic mass is 9.86. The Bertz CT molecular complexity index is 818. The van der Waals surface area contributed by atoms with Crippen molar-refractivity contribution in [1.29, 1.82) is 0 Å². The Kier molecular flexibility index (Phi) is 3.07. The van der Waals surface area contributed by atoms with E-state index in [-0.39, 0.29) is 0 Å². The van der Waals surface area contributed by atoms with Crippen molar-refractivity contribution in [2.75, 3.05) is 0 Å². The number of hydrogen-bond donors (Lipinski definition) is 0. The molecular formula is C22H22. The Labute approximate surface area is 133 Å². The second-order valence-electron chi connectivity index (χ2n) is 6.74. The number of rotatable bonds is 2. The first kappa shape index (κ1) is 13.6. The molecule has 0 N–H and O–H groups in total. The van der Waals surface area contributed by atoms with E-state index in [0.29, 0.717) is 5.92 Å². The highest BCUT2D eigenvalue weighted by atomic mass is 14.3. The van der Waals surface area contributed by atoms with Crippen LogP contribution < -0.4 is 0 Å². The minimum atomic E-state index is 0.524. The number of benzene rings is 2.